The highest BCUT2D eigenvalue weighted by atomic mass is 32.2. The van der Waals surface area contributed by atoms with Gasteiger partial charge in [-0.1, -0.05) is 61.9 Å². The molecule has 0 saturated carbocycles. The number of aromatic nitrogens is 2. The number of nitrogens with one attached hydrogen (secondary N) is 1. The van der Waals surface area contributed by atoms with Gasteiger partial charge in [-0.2, -0.15) is 4.98 Å². The molecule has 0 radical (unpaired) electrons. The lowest BCUT2D eigenvalue weighted by atomic mass is 10.1. The van der Waals surface area contributed by atoms with E-state index in [4.69, 9.17) is 0 Å². The molecule has 2 rings (SSSR count). The average Bonchev–Trinajstić information content (AvgIpc) is 2.55. The van der Waals surface area contributed by atoms with Crippen LogP contribution < -0.4 is 5.56 Å². The Morgan fingerprint density at radius 2 is 2.04 bits per heavy atom. The molecule has 0 spiro atoms. The number of carboxylic acids is 1. The van der Waals surface area contributed by atoms with Gasteiger partial charge >= 0.3 is 5.97 Å². The molecule has 3 N–H and O–H groups in total. The molecule has 7 heteroatoms. The molecule has 1 heterocycles. The van der Waals surface area contributed by atoms with E-state index in [2.05, 4.69) is 9.97 Å². The van der Waals surface area contributed by atoms with Crippen LogP contribution in [0.25, 0.3) is 0 Å². The van der Waals surface area contributed by atoms with Gasteiger partial charge in [-0.3, -0.25) is 9.59 Å². The Morgan fingerprint density at radius 1 is 1.33 bits per heavy atom. The van der Waals surface area contributed by atoms with Crippen LogP contribution in [-0.2, 0) is 11.2 Å². The summed E-state index contributed by atoms with van der Waals surface area (Å²) < 4.78 is 0. The number of carbonyl (C=O) groups is 1. The number of hydrogen-bond acceptors (Lipinski definition) is 5. The standard InChI is InChI=1S/C17H20N2O4S/c1-2-3-9-13(16(22)23)24-17-18-14(20)12(15(21)19-17)10-11-7-5-4-6-8-11/h4-8,13H,2-3,9-10H2,1H3,(H,22,23)(H2,18,19,20,21). The van der Waals surface area contributed by atoms with Crippen molar-refractivity contribution in [2.75, 3.05) is 0 Å². The van der Waals surface area contributed by atoms with Crippen LogP contribution in [0, 0.1) is 0 Å². The van der Waals surface area contributed by atoms with Crippen molar-refractivity contribution in [3.8, 4) is 5.88 Å². The lowest BCUT2D eigenvalue weighted by Gasteiger charge is -2.11. The van der Waals surface area contributed by atoms with Gasteiger partial charge in [-0.25, -0.2) is 0 Å². The van der Waals surface area contributed by atoms with Gasteiger partial charge in [0.05, 0.1) is 5.56 Å². The molecule has 1 aromatic heterocycles. The van der Waals surface area contributed by atoms with Crippen molar-refractivity contribution >= 4 is 17.7 Å². The van der Waals surface area contributed by atoms with Crippen LogP contribution in [0.2, 0.25) is 0 Å². The maximum atomic E-state index is 12.2. The highest BCUT2D eigenvalue weighted by Crippen LogP contribution is 2.25. The number of aromatic hydroxyl groups is 1. The quantitative estimate of drug-likeness (QED) is 0.501. The molecular formula is C17H20N2O4S. The number of hydrogen-bond donors (Lipinski definition) is 3. The third-order valence-electron chi connectivity index (χ3n) is 3.54. The lowest BCUT2D eigenvalue weighted by Crippen LogP contribution is -2.20. The van der Waals surface area contributed by atoms with Crippen LogP contribution in [0.1, 0.15) is 37.3 Å². The molecule has 1 unspecified atom stereocenters. The second kappa shape index (κ2) is 8.54. The third-order valence-corrected chi connectivity index (χ3v) is 4.68. The second-order valence-corrected chi connectivity index (χ2v) is 6.61. The maximum Gasteiger partial charge on any atom is 0.317 e. The summed E-state index contributed by atoms with van der Waals surface area (Å²) in [5.41, 5.74) is 0.603. The van der Waals surface area contributed by atoms with E-state index < -0.39 is 16.8 Å². The Hall–Kier alpha value is -2.28. The largest absolute Gasteiger partial charge is 0.493 e. The zero-order valence-electron chi connectivity index (χ0n) is 13.4. The second-order valence-electron chi connectivity index (χ2n) is 5.42. The fourth-order valence-electron chi connectivity index (χ4n) is 2.24. The number of rotatable bonds is 8. The first kappa shape index (κ1) is 18.1. The SMILES string of the molecule is CCCCC(Sc1nc(O)c(Cc2ccccc2)c(=O)[nH]1)C(=O)O. The summed E-state index contributed by atoms with van der Waals surface area (Å²) in [6, 6.07) is 9.28. The summed E-state index contributed by atoms with van der Waals surface area (Å²) in [5, 5.41) is 18.7. The Labute approximate surface area is 144 Å². The minimum Gasteiger partial charge on any atom is -0.493 e. The van der Waals surface area contributed by atoms with Gasteiger partial charge in [-0.05, 0) is 12.0 Å². The highest BCUT2D eigenvalue weighted by molar-refractivity contribution is 8.00. The Kier molecular flexibility index (Phi) is 6.43. The van der Waals surface area contributed by atoms with E-state index in [-0.39, 0.29) is 23.0 Å². The van der Waals surface area contributed by atoms with Crippen molar-refractivity contribution in [2.24, 2.45) is 0 Å². The molecule has 2 aromatic rings. The minimum absolute atomic E-state index is 0.123. The smallest absolute Gasteiger partial charge is 0.317 e. The number of thioether (sulfide) groups is 1. The van der Waals surface area contributed by atoms with Crippen LogP contribution in [0.3, 0.4) is 0 Å². The number of aromatic amines is 1. The number of nitrogens with zero attached hydrogens (tertiary/aromatic N) is 1. The molecule has 128 valence electrons. The third kappa shape index (κ3) is 4.86. The zero-order chi connectivity index (χ0) is 17.5. The van der Waals surface area contributed by atoms with E-state index in [1.54, 1.807) is 0 Å². The number of H-pyrrole nitrogens is 1. The van der Waals surface area contributed by atoms with Crippen LogP contribution in [-0.4, -0.2) is 31.4 Å². The number of unbranched alkanes of at least 4 members (excludes halogenated alkanes) is 1. The number of aliphatic carboxylic acids is 1. The summed E-state index contributed by atoms with van der Waals surface area (Å²) in [7, 11) is 0. The molecule has 6 nitrogen and oxygen atoms in total. The van der Waals surface area contributed by atoms with Gasteiger partial charge < -0.3 is 15.2 Å². The van der Waals surface area contributed by atoms with Crippen LogP contribution in [0.5, 0.6) is 5.88 Å². The first-order valence-electron chi connectivity index (χ1n) is 7.76. The molecule has 1 aromatic carbocycles. The zero-order valence-corrected chi connectivity index (χ0v) is 14.2. The fraction of sp³-hybridized carbons (Fsp3) is 0.353. The first-order valence-corrected chi connectivity index (χ1v) is 8.64. The molecule has 1 atom stereocenters. The van der Waals surface area contributed by atoms with Crippen LogP contribution >= 0.6 is 11.8 Å². The molecule has 0 bridgehead atoms. The van der Waals surface area contributed by atoms with Crippen molar-refractivity contribution in [1.82, 2.24) is 9.97 Å². The van der Waals surface area contributed by atoms with E-state index in [1.807, 2.05) is 37.3 Å². The lowest BCUT2D eigenvalue weighted by molar-refractivity contribution is -0.136. The molecule has 0 aliphatic heterocycles. The van der Waals surface area contributed by atoms with Gasteiger partial charge in [0.1, 0.15) is 5.25 Å². The van der Waals surface area contributed by atoms with Gasteiger partial charge in [-0.15, -0.1) is 0 Å². The fourth-order valence-corrected chi connectivity index (χ4v) is 3.18. The maximum absolute atomic E-state index is 12.2. The monoisotopic (exact) mass is 348 g/mol. The van der Waals surface area contributed by atoms with Crippen LogP contribution in [0.4, 0.5) is 0 Å². The molecular weight excluding hydrogens is 328 g/mol. The van der Waals surface area contributed by atoms with E-state index in [0.29, 0.717) is 6.42 Å². The van der Waals surface area contributed by atoms with Crippen molar-refractivity contribution < 1.29 is 15.0 Å². The molecule has 0 aliphatic carbocycles. The Balaban J connectivity index is 2.19. The van der Waals surface area contributed by atoms with Crippen molar-refractivity contribution in [3.63, 3.8) is 0 Å². The topological polar surface area (TPSA) is 103 Å². The summed E-state index contributed by atoms with van der Waals surface area (Å²) in [4.78, 5) is 30.0. The van der Waals surface area contributed by atoms with E-state index in [0.717, 1.165) is 30.2 Å². The van der Waals surface area contributed by atoms with Gasteiger partial charge in [0.25, 0.3) is 5.56 Å². The molecule has 0 amide bonds. The average molecular weight is 348 g/mol. The summed E-state index contributed by atoms with van der Waals surface area (Å²) in [5.74, 6) is -1.31. The van der Waals surface area contributed by atoms with Crippen LogP contribution in [0.15, 0.2) is 40.3 Å². The normalized spacial score (nSPS) is 12.0. The predicted octanol–water partition coefficient (Wildman–Crippen LogP) is 2.80. The van der Waals surface area contributed by atoms with Crippen molar-refractivity contribution in [2.45, 2.75) is 43.0 Å². The summed E-state index contributed by atoms with van der Waals surface area (Å²) in [6.45, 7) is 1.98. The van der Waals surface area contributed by atoms with Gasteiger partial charge in [0, 0.05) is 6.42 Å². The van der Waals surface area contributed by atoms with Gasteiger partial charge in [0.15, 0.2) is 5.16 Å². The molecule has 0 fully saturated rings. The minimum atomic E-state index is -0.955. The first-order chi connectivity index (χ1) is 11.5. The van der Waals surface area contributed by atoms with Gasteiger partial charge in [0.2, 0.25) is 5.88 Å². The predicted molar refractivity (Wildman–Crippen MR) is 92.6 cm³/mol. The van der Waals surface area contributed by atoms with E-state index >= 15 is 0 Å². The number of benzene rings is 1. The summed E-state index contributed by atoms with van der Waals surface area (Å²) >= 11 is 0.954. The molecule has 0 saturated heterocycles. The molecule has 24 heavy (non-hydrogen) atoms. The number of carboxylic acid groups (broad SMARTS) is 1. The van der Waals surface area contributed by atoms with Crippen molar-refractivity contribution in [3.05, 3.63) is 51.8 Å². The Bertz CT molecular complexity index is 746. The van der Waals surface area contributed by atoms with Crippen molar-refractivity contribution in [1.29, 1.82) is 0 Å². The van der Waals surface area contributed by atoms with E-state index in [1.165, 1.54) is 0 Å². The molecule has 0 aliphatic rings. The highest BCUT2D eigenvalue weighted by Gasteiger charge is 2.21. The Morgan fingerprint density at radius 3 is 2.62 bits per heavy atom. The summed E-state index contributed by atoms with van der Waals surface area (Å²) in [6.07, 6.45) is 2.40. The van der Waals surface area contributed by atoms with E-state index in [9.17, 15) is 19.8 Å².